The van der Waals surface area contributed by atoms with Crippen LogP contribution in [0.2, 0.25) is 0 Å². The number of hydrogen-bond acceptors (Lipinski definition) is 4. The lowest BCUT2D eigenvalue weighted by molar-refractivity contribution is 0.0262. The van der Waals surface area contributed by atoms with Crippen LogP contribution >= 0.6 is 0 Å². The van der Waals surface area contributed by atoms with Gasteiger partial charge in [-0.05, 0) is 17.7 Å². The van der Waals surface area contributed by atoms with Crippen LogP contribution in [0.1, 0.15) is 26.3 Å². The van der Waals surface area contributed by atoms with Gasteiger partial charge in [-0.1, -0.05) is 42.5 Å². The maximum atomic E-state index is 12.5. The molecule has 2 aromatic rings. The normalized spacial score (nSPS) is 26.2. The van der Waals surface area contributed by atoms with Gasteiger partial charge in [0.1, 0.15) is 5.54 Å². The number of rotatable bonds is 3. The molecular formula is C17H14N2O3. The highest BCUT2D eigenvalue weighted by Crippen LogP contribution is 2.45. The van der Waals surface area contributed by atoms with Crippen molar-refractivity contribution >= 4 is 11.8 Å². The second-order valence-corrected chi connectivity index (χ2v) is 5.58. The summed E-state index contributed by atoms with van der Waals surface area (Å²) < 4.78 is 0. The van der Waals surface area contributed by atoms with Gasteiger partial charge in [-0.25, -0.2) is 5.01 Å². The van der Waals surface area contributed by atoms with Gasteiger partial charge in [0.15, 0.2) is 0 Å². The van der Waals surface area contributed by atoms with Crippen LogP contribution in [-0.2, 0) is 5.54 Å². The summed E-state index contributed by atoms with van der Waals surface area (Å²) in [6.45, 7) is 0.295. The fourth-order valence-corrected chi connectivity index (χ4v) is 3.08. The standard InChI is InChI=1S/C17H14N2O3/c20-11-17(12-6-2-1-3-7-12)10-18(17)19-15(21)13-8-4-5-9-14(13)16(19)22/h1-9,20H,10-11H2. The van der Waals surface area contributed by atoms with Crippen LogP contribution in [0.25, 0.3) is 0 Å². The maximum absolute atomic E-state index is 12.5. The molecule has 2 aliphatic rings. The second-order valence-electron chi connectivity index (χ2n) is 5.58. The molecule has 2 amide bonds. The lowest BCUT2D eigenvalue weighted by atomic mass is 10.0. The lowest BCUT2D eigenvalue weighted by Gasteiger charge is -2.21. The van der Waals surface area contributed by atoms with E-state index in [1.165, 1.54) is 0 Å². The molecule has 0 aromatic heterocycles. The van der Waals surface area contributed by atoms with E-state index in [2.05, 4.69) is 0 Å². The molecule has 0 spiro atoms. The Morgan fingerprint density at radius 2 is 1.45 bits per heavy atom. The Bertz CT molecular complexity index is 739. The summed E-state index contributed by atoms with van der Waals surface area (Å²) in [7, 11) is 0. The van der Waals surface area contributed by atoms with Crippen molar-refractivity contribution in [2.24, 2.45) is 0 Å². The number of imide groups is 1. The van der Waals surface area contributed by atoms with Crippen LogP contribution in [-0.4, -0.2) is 40.1 Å². The van der Waals surface area contributed by atoms with Crippen molar-refractivity contribution in [2.45, 2.75) is 5.54 Å². The van der Waals surface area contributed by atoms with Gasteiger partial charge in [0.2, 0.25) is 0 Å². The van der Waals surface area contributed by atoms with Gasteiger partial charge >= 0.3 is 0 Å². The number of nitrogens with zero attached hydrogens (tertiary/aromatic N) is 2. The largest absolute Gasteiger partial charge is 0.394 e. The molecule has 1 fully saturated rings. The zero-order valence-corrected chi connectivity index (χ0v) is 11.8. The monoisotopic (exact) mass is 294 g/mol. The van der Waals surface area contributed by atoms with Crippen molar-refractivity contribution in [2.75, 3.05) is 13.2 Å². The molecule has 110 valence electrons. The smallest absolute Gasteiger partial charge is 0.276 e. The Morgan fingerprint density at radius 3 is 2.00 bits per heavy atom. The molecule has 2 unspecified atom stereocenters. The number of hydrazine groups is 1. The zero-order chi connectivity index (χ0) is 15.3. The van der Waals surface area contributed by atoms with E-state index in [4.69, 9.17) is 0 Å². The average molecular weight is 294 g/mol. The fraction of sp³-hybridized carbons (Fsp3) is 0.176. The minimum atomic E-state index is -0.686. The predicted octanol–water partition coefficient (Wildman–Crippen LogP) is 1.40. The van der Waals surface area contributed by atoms with Gasteiger partial charge in [-0.3, -0.25) is 9.59 Å². The van der Waals surface area contributed by atoms with E-state index in [0.717, 1.165) is 10.6 Å². The quantitative estimate of drug-likeness (QED) is 0.686. The van der Waals surface area contributed by atoms with Crippen molar-refractivity contribution in [3.05, 3.63) is 71.3 Å². The van der Waals surface area contributed by atoms with Crippen molar-refractivity contribution in [1.82, 2.24) is 10.0 Å². The Balaban J connectivity index is 1.71. The number of hydrogen-bond donors (Lipinski definition) is 1. The summed E-state index contributed by atoms with van der Waals surface area (Å²) >= 11 is 0. The topological polar surface area (TPSA) is 60.6 Å². The first-order chi connectivity index (χ1) is 10.7. The molecule has 2 aliphatic heterocycles. The minimum absolute atomic E-state index is 0.148. The molecule has 0 bridgehead atoms. The summed E-state index contributed by atoms with van der Waals surface area (Å²) in [5.41, 5.74) is 1.04. The molecule has 22 heavy (non-hydrogen) atoms. The van der Waals surface area contributed by atoms with E-state index in [0.29, 0.717) is 17.7 Å². The first-order valence-corrected chi connectivity index (χ1v) is 7.11. The number of aliphatic hydroxyl groups excluding tert-OH is 1. The second kappa shape index (κ2) is 4.50. The summed E-state index contributed by atoms with van der Waals surface area (Å²) in [4.78, 5) is 25.0. The first kappa shape index (κ1) is 13.2. The molecule has 5 nitrogen and oxygen atoms in total. The molecule has 0 radical (unpaired) electrons. The molecule has 4 rings (SSSR count). The molecule has 2 atom stereocenters. The van der Waals surface area contributed by atoms with E-state index in [-0.39, 0.29) is 18.4 Å². The molecule has 2 aromatic carbocycles. The van der Waals surface area contributed by atoms with Crippen molar-refractivity contribution in [1.29, 1.82) is 0 Å². The van der Waals surface area contributed by atoms with Crippen LogP contribution in [0.3, 0.4) is 0 Å². The Hall–Kier alpha value is -2.50. The van der Waals surface area contributed by atoms with E-state index < -0.39 is 5.54 Å². The molecule has 0 saturated carbocycles. The molecule has 2 heterocycles. The molecule has 1 saturated heterocycles. The van der Waals surface area contributed by atoms with Crippen molar-refractivity contribution < 1.29 is 14.7 Å². The van der Waals surface area contributed by atoms with E-state index in [9.17, 15) is 14.7 Å². The van der Waals surface area contributed by atoms with Crippen LogP contribution in [0, 0.1) is 0 Å². The summed E-state index contributed by atoms with van der Waals surface area (Å²) in [5, 5.41) is 12.6. The third kappa shape index (κ3) is 1.60. The van der Waals surface area contributed by atoms with Gasteiger partial charge in [0.05, 0.1) is 17.7 Å². The molecule has 0 aliphatic carbocycles. The average Bonchev–Trinajstić information content (AvgIpc) is 3.25. The third-order valence-electron chi connectivity index (χ3n) is 4.39. The van der Waals surface area contributed by atoms with Crippen molar-refractivity contribution in [3.63, 3.8) is 0 Å². The molecule has 5 heteroatoms. The van der Waals surface area contributed by atoms with E-state index in [1.54, 1.807) is 29.3 Å². The lowest BCUT2D eigenvalue weighted by Crippen LogP contribution is -2.39. The van der Waals surface area contributed by atoms with Crippen LogP contribution < -0.4 is 0 Å². The summed E-state index contributed by atoms with van der Waals surface area (Å²) in [6, 6.07) is 16.2. The van der Waals surface area contributed by atoms with Gasteiger partial charge in [-0.15, -0.1) is 0 Å². The highest BCUT2D eigenvalue weighted by atomic mass is 16.3. The highest BCUT2D eigenvalue weighted by molar-refractivity contribution is 6.21. The van der Waals surface area contributed by atoms with Gasteiger partial charge in [0, 0.05) is 6.54 Å². The number of amides is 2. The Kier molecular flexibility index (Phi) is 2.69. The highest BCUT2D eigenvalue weighted by Gasteiger charge is 2.60. The summed E-state index contributed by atoms with van der Waals surface area (Å²) in [6.07, 6.45) is 0. The molecule has 1 N–H and O–H groups in total. The maximum Gasteiger partial charge on any atom is 0.276 e. The fourth-order valence-electron chi connectivity index (χ4n) is 3.08. The summed E-state index contributed by atoms with van der Waals surface area (Å²) in [5.74, 6) is -0.654. The Morgan fingerprint density at radius 1 is 0.909 bits per heavy atom. The predicted molar refractivity (Wildman–Crippen MR) is 78.9 cm³/mol. The van der Waals surface area contributed by atoms with Crippen LogP contribution in [0.5, 0.6) is 0 Å². The van der Waals surface area contributed by atoms with Crippen LogP contribution in [0.15, 0.2) is 54.6 Å². The first-order valence-electron chi connectivity index (χ1n) is 7.11. The number of carbonyl (C=O) groups excluding carboxylic acids is 2. The molecular weight excluding hydrogens is 280 g/mol. The van der Waals surface area contributed by atoms with E-state index >= 15 is 0 Å². The van der Waals surface area contributed by atoms with Gasteiger partial charge in [-0.2, -0.15) is 5.01 Å². The van der Waals surface area contributed by atoms with E-state index in [1.807, 2.05) is 30.3 Å². The van der Waals surface area contributed by atoms with Gasteiger partial charge in [0.25, 0.3) is 11.8 Å². The minimum Gasteiger partial charge on any atom is -0.394 e. The SMILES string of the molecule is O=C1c2ccccc2C(=O)N1N1CC1(CO)c1ccccc1. The van der Waals surface area contributed by atoms with Gasteiger partial charge < -0.3 is 5.11 Å². The number of benzene rings is 2. The Labute approximate surface area is 127 Å². The van der Waals surface area contributed by atoms with Crippen LogP contribution in [0.4, 0.5) is 0 Å². The van der Waals surface area contributed by atoms with Crippen molar-refractivity contribution in [3.8, 4) is 0 Å². The number of fused-ring (bicyclic) bond motifs is 1. The number of aliphatic hydroxyl groups is 1. The number of carbonyl (C=O) groups is 2. The zero-order valence-electron chi connectivity index (χ0n) is 11.8. The third-order valence-corrected chi connectivity index (χ3v) is 4.39.